The molecule has 0 aromatic rings. The standard InChI is InChI=1S/C5H9NO5S2/c1-2-11-5(12)6-13(9,10)3-4(7)8/h2-3H2,1H3,(H,6,12)(H,7,8). The van der Waals surface area contributed by atoms with E-state index in [9.17, 15) is 13.2 Å². The van der Waals surface area contributed by atoms with Crippen molar-refractivity contribution in [3.05, 3.63) is 0 Å². The quantitative estimate of drug-likeness (QED) is 0.618. The molecule has 0 bridgehead atoms. The molecular weight excluding hydrogens is 218 g/mol. The molecule has 0 fully saturated rings. The summed E-state index contributed by atoms with van der Waals surface area (Å²) in [5, 5.41) is 7.84. The van der Waals surface area contributed by atoms with Crippen molar-refractivity contribution >= 4 is 33.4 Å². The van der Waals surface area contributed by atoms with Crippen molar-refractivity contribution in [2.75, 3.05) is 12.4 Å². The van der Waals surface area contributed by atoms with E-state index in [1.807, 2.05) is 0 Å². The maximum Gasteiger partial charge on any atom is 0.320 e. The first-order chi connectivity index (χ1) is 5.87. The molecule has 0 aliphatic carbocycles. The van der Waals surface area contributed by atoms with E-state index in [4.69, 9.17) is 5.11 Å². The molecule has 0 radical (unpaired) electrons. The van der Waals surface area contributed by atoms with Gasteiger partial charge < -0.3 is 9.84 Å². The van der Waals surface area contributed by atoms with Gasteiger partial charge in [0.1, 0.15) is 0 Å². The number of carboxylic acid groups (broad SMARTS) is 1. The third kappa shape index (κ3) is 6.29. The lowest BCUT2D eigenvalue weighted by molar-refractivity contribution is -0.134. The lowest BCUT2D eigenvalue weighted by Gasteiger charge is -2.06. The number of rotatable bonds is 4. The van der Waals surface area contributed by atoms with Crippen LogP contribution in [0.5, 0.6) is 0 Å². The lowest BCUT2D eigenvalue weighted by atomic mass is 10.8. The second-order valence-corrected chi connectivity index (χ2v) is 4.07. The summed E-state index contributed by atoms with van der Waals surface area (Å²) >= 11 is 4.45. The van der Waals surface area contributed by atoms with E-state index in [0.717, 1.165) is 0 Å². The van der Waals surface area contributed by atoms with Crippen LogP contribution in [-0.4, -0.2) is 37.0 Å². The van der Waals surface area contributed by atoms with E-state index in [-0.39, 0.29) is 11.8 Å². The Morgan fingerprint density at radius 1 is 1.62 bits per heavy atom. The minimum atomic E-state index is -3.92. The Bertz CT molecular complexity index is 296. The predicted octanol–water partition coefficient (Wildman–Crippen LogP) is -0.688. The van der Waals surface area contributed by atoms with Gasteiger partial charge in [0.2, 0.25) is 10.0 Å². The topological polar surface area (TPSA) is 92.7 Å². The smallest absolute Gasteiger partial charge is 0.320 e. The zero-order chi connectivity index (χ0) is 10.5. The average molecular weight is 227 g/mol. The number of sulfonamides is 1. The molecule has 0 aromatic carbocycles. The van der Waals surface area contributed by atoms with Crippen LogP contribution in [0.4, 0.5) is 0 Å². The molecule has 0 saturated carbocycles. The molecule has 8 heteroatoms. The molecule has 0 heterocycles. The maximum atomic E-state index is 10.9. The summed E-state index contributed by atoms with van der Waals surface area (Å²) in [6, 6.07) is 0. The highest BCUT2D eigenvalue weighted by Gasteiger charge is 2.16. The van der Waals surface area contributed by atoms with Gasteiger partial charge in [-0.15, -0.1) is 0 Å². The molecule has 76 valence electrons. The SMILES string of the molecule is CCOC(=S)NS(=O)(=O)CC(=O)O. The van der Waals surface area contributed by atoms with Gasteiger partial charge in [0.15, 0.2) is 5.75 Å². The van der Waals surface area contributed by atoms with Crippen molar-refractivity contribution in [3.8, 4) is 0 Å². The highest BCUT2D eigenvalue weighted by molar-refractivity contribution is 7.92. The van der Waals surface area contributed by atoms with Gasteiger partial charge in [-0.2, -0.15) is 0 Å². The number of hydrogen-bond donors (Lipinski definition) is 2. The number of ether oxygens (including phenoxy) is 1. The van der Waals surface area contributed by atoms with Gasteiger partial charge in [0, 0.05) is 0 Å². The van der Waals surface area contributed by atoms with E-state index >= 15 is 0 Å². The monoisotopic (exact) mass is 227 g/mol. The van der Waals surface area contributed by atoms with Crippen LogP contribution in [-0.2, 0) is 19.6 Å². The summed E-state index contributed by atoms with van der Waals surface area (Å²) < 4.78 is 28.1. The van der Waals surface area contributed by atoms with E-state index < -0.39 is 21.7 Å². The van der Waals surface area contributed by atoms with Gasteiger partial charge in [0.05, 0.1) is 6.61 Å². The van der Waals surface area contributed by atoms with Crippen LogP contribution in [0.1, 0.15) is 6.92 Å². The molecule has 0 unspecified atom stereocenters. The molecule has 0 amide bonds. The van der Waals surface area contributed by atoms with Crippen LogP contribution in [0.3, 0.4) is 0 Å². The Kier molecular flexibility index (Phi) is 4.63. The van der Waals surface area contributed by atoms with Gasteiger partial charge >= 0.3 is 5.97 Å². The molecule has 0 aromatic heterocycles. The zero-order valence-electron chi connectivity index (χ0n) is 6.81. The Balaban J connectivity index is 4.18. The second-order valence-electron chi connectivity index (χ2n) is 1.98. The molecule has 0 saturated heterocycles. The van der Waals surface area contributed by atoms with Crippen molar-refractivity contribution < 1.29 is 23.1 Å². The molecule has 0 atom stereocenters. The van der Waals surface area contributed by atoms with Crippen LogP contribution in [0, 0.1) is 0 Å². The number of nitrogens with one attached hydrogen (secondary N) is 1. The van der Waals surface area contributed by atoms with E-state index in [0.29, 0.717) is 0 Å². The van der Waals surface area contributed by atoms with Crippen molar-refractivity contribution in [1.29, 1.82) is 0 Å². The van der Waals surface area contributed by atoms with E-state index in [1.165, 1.54) is 0 Å². The Morgan fingerprint density at radius 3 is 2.54 bits per heavy atom. The third-order valence-electron chi connectivity index (χ3n) is 0.828. The number of aliphatic carboxylic acids is 1. The molecule has 0 aliphatic heterocycles. The number of carboxylic acids is 1. The predicted molar refractivity (Wildman–Crippen MR) is 48.8 cm³/mol. The van der Waals surface area contributed by atoms with Crippen molar-refractivity contribution in [1.82, 2.24) is 4.72 Å². The summed E-state index contributed by atoms with van der Waals surface area (Å²) in [4.78, 5) is 10.1. The Hall–Kier alpha value is -0.890. The van der Waals surface area contributed by atoms with Crippen LogP contribution >= 0.6 is 12.2 Å². The summed E-state index contributed by atoms with van der Waals surface area (Å²) in [6.07, 6.45) is 0. The van der Waals surface area contributed by atoms with Gasteiger partial charge in [-0.05, 0) is 19.1 Å². The molecule has 13 heavy (non-hydrogen) atoms. The Morgan fingerprint density at radius 2 is 2.15 bits per heavy atom. The van der Waals surface area contributed by atoms with Gasteiger partial charge in [-0.3, -0.25) is 4.79 Å². The third-order valence-corrected chi connectivity index (χ3v) is 2.30. The second kappa shape index (κ2) is 4.97. The number of thiocarbonyl (C=S) groups is 1. The summed E-state index contributed by atoms with van der Waals surface area (Å²) in [7, 11) is -3.92. The lowest BCUT2D eigenvalue weighted by Crippen LogP contribution is -2.35. The molecule has 2 N–H and O–H groups in total. The van der Waals surface area contributed by atoms with Gasteiger partial charge in [-0.1, -0.05) is 0 Å². The molecule has 0 rings (SSSR count). The first-order valence-corrected chi connectivity index (χ1v) is 5.32. The molecule has 6 nitrogen and oxygen atoms in total. The van der Waals surface area contributed by atoms with Gasteiger partial charge in [0.25, 0.3) is 5.17 Å². The number of hydrogen-bond acceptors (Lipinski definition) is 5. The average Bonchev–Trinajstić information content (AvgIpc) is 1.81. The van der Waals surface area contributed by atoms with Crippen molar-refractivity contribution in [2.45, 2.75) is 6.92 Å². The van der Waals surface area contributed by atoms with Crippen LogP contribution in [0.15, 0.2) is 0 Å². The fourth-order valence-electron chi connectivity index (χ4n) is 0.486. The van der Waals surface area contributed by atoms with Crippen LogP contribution in [0.25, 0.3) is 0 Å². The highest BCUT2D eigenvalue weighted by Crippen LogP contribution is 1.87. The normalized spacial score (nSPS) is 10.5. The number of carbonyl (C=O) groups is 1. The minimum absolute atomic E-state index is 0.217. The summed E-state index contributed by atoms with van der Waals surface area (Å²) in [5.41, 5.74) is 0. The van der Waals surface area contributed by atoms with E-state index in [1.54, 1.807) is 11.6 Å². The summed E-state index contributed by atoms with van der Waals surface area (Å²) in [6.45, 7) is 1.84. The van der Waals surface area contributed by atoms with Crippen LogP contribution in [0.2, 0.25) is 0 Å². The highest BCUT2D eigenvalue weighted by atomic mass is 32.2. The minimum Gasteiger partial charge on any atom is -0.480 e. The van der Waals surface area contributed by atoms with Crippen molar-refractivity contribution in [3.63, 3.8) is 0 Å². The molecule has 0 spiro atoms. The largest absolute Gasteiger partial charge is 0.480 e. The van der Waals surface area contributed by atoms with Crippen LogP contribution < -0.4 is 4.72 Å². The van der Waals surface area contributed by atoms with E-state index in [2.05, 4.69) is 17.0 Å². The molecule has 0 aliphatic rings. The molecular formula is C5H9NO5S2. The van der Waals surface area contributed by atoms with Crippen molar-refractivity contribution in [2.24, 2.45) is 0 Å². The first-order valence-electron chi connectivity index (χ1n) is 3.26. The Labute approximate surface area is 80.9 Å². The zero-order valence-corrected chi connectivity index (χ0v) is 8.44. The fourth-order valence-corrected chi connectivity index (χ4v) is 1.70. The summed E-state index contributed by atoms with van der Waals surface area (Å²) in [5.74, 6) is -2.48. The first kappa shape index (κ1) is 12.1. The van der Waals surface area contributed by atoms with Gasteiger partial charge in [-0.25, -0.2) is 13.1 Å². The fraction of sp³-hybridized carbons (Fsp3) is 0.600. The maximum absolute atomic E-state index is 10.9.